The van der Waals surface area contributed by atoms with E-state index in [1.54, 1.807) is 27.0 Å². The fourth-order valence-electron chi connectivity index (χ4n) is 3.09. The van der Waals surface area contributed by atoms with Gasteiger partial charge in [0.25, 0.3) is 5.69 Å². The van der Waals surface area contributed by atoms with E-state index >= 15 is 0 Å². The molecule has 2 N–H and O–H groups in total. The van der Waals surface area contributed by atoms with Gasteiger partial charge in [0.2, 0.25) is 0 Å². The van der Waals surface area contributed by atoms with Crippen LogP contribution in [0.3, 0.4) is 0 Å². The highest BCUT2D eigenvalue weighted by atomic mass is 16.6. The Balaban J connectivity index is 2.10. The van der Waals surface area contributed by atoms with E-state index in [0.29, 0.717) is 24.1 Å². The lowest BCUT2D eigenvalue weighted by atomic mass is 10.0. The van der Waals surface area contributed by atoms with E-state index in [9.17, 15) is 20.0 Å². The lowest BCUT2D eigenvalue weighted by Crippen LogP contribution is -2.43. The minimum atomic E-state index is -0.819. The molecule has 0 heterocycles. The van der Waals surface area contributed by atoms with E-state index in [1.807, 2.05) is 0 Å². The molecule has 0 radical (unpaired) electrons. The number of urea groups is 1. The standard InChI is InChI=1S/C16H23N3O4/c1-11-8-12(2)14(19(22)23)9-13(11)17-15(20)18(3)10-16(21)6-4-5-7-16/h8-9,21H,4-7,10H2,1-3H3,(H,17,20). The number of benzene rings is 1. The predicted octanol–water partition coefficient (Wildman–Crippen LogP) is 2.98. The number of anilines is 1. The molecule has 1 aromatic rings. The van der Waals surface area contributed by atoms with Gasteiger partial charge in [0, 0.05) is 18.7 Å². The van der Waals surface area contributed by atoms with Gasteiger partial charge in [-0.1, -0.05) is 12.8 Å². The van der Waals surface area contributed by atoms with Crippen LogP contribution in [0.15, 0.2) is 12.1 Å². The van der Waals surface area contributed by atoms with E-state index in [2.05, 4.69) is 5.32 Å². The molecule has 1 aliphatic rings. The molecule has 1 saturated carbocycles. The monoisotopic (exact) mass is 321 g/mol. The van der Waals surface area contributed by atoms with Crippen LogP contribution in [0.25, 0.3) is 0 Å². The number of hydrogen-bond acceptors (Lipinski definition) is 4. The number of carbonyl (C=O) groups excluding carboxylic acids is 1. The molecular formula is C16H23N3O4. The number of carbonyl (C=O) groups is 1. The SMILES string of the molecule is Cc1cc(C)c([N+](=O)[O-])cc1NC(=O)N(C)CC1(O)CCCC1. The molecule has 0 saturated heterocycles. The first-order valence-corrected chi connectivity index (χ1v) is 7.72. The lowest BCUT2D eigenvalue weighted by Gasteiger charge is -2.28. The summed E-state index contributed by atoms with van der Waals surface area (Å²) in [6.07, 6.45) is 3.32. The zero-order valence-corrected chi connectivity index (χ0v) is 13.8. The lowest BCUT2D eigenvalue weighted by molar-refractivity contribution is -0.385. The van der Waals surface area contributed by atoms with Gasteiger partial charge in [-0.2, -0.15) is 0 Å². The topological polar surface area (TPSA) is 95.7 Å². The molecule has 7 nitrogen and oxygen atoms in total. The first-order chi connectivity index (χ1) is 10.7. The Morgan fingerprint density at radius 2 is 1.96 bits per heavy atom. The van der Waals surface area contributed by atoms with Crippen molar-refractivity contribution in [2.45, 2.75) is 45.1 Å². The number of amides is 2. The van der Waals surface area contributed by atoms with Crippen molar-refractivity contribution in [2.75, 3.05) is 18.9 Å². The third kappa shape index (κ3) is 3.98. The maximum atomic E-state index is 12.3. The average molecular weight is 321 g/mol. The second kappa shape index (κ2) is 6.54. The normalized spacial score (nSPS) is 16.2. The molecule has 0 bridgehead atoms. The second-order valence-electron chi connectivity index (χ2n) is 6.43. The number of nitro benzene ring substituents is 1. The first kappa shape index (κ1) is 17.2. The maximum absolute atomic E-state index is 12.3. The Morgan fingerprint density at radius 1 is 1.35 bits per heavy atom. The summed E-state index contributed by atoms with van der Waals surface area (Å²) in [4.78, 5) is 24.3. The van der Waals surface area contributed by atoms with Gasteiger partial charge in [0.1, 0.15) is 0 Å². The largest absolute Gasteiger partial charge is 0.388 e. The van der Waals surface area contributed by atoms with Crippen molar-refractivity contribution in [1.82, 2.24) is 4.90 Å². The first-order valence-electron chi connectivity index (χ1n) is 7.72. The minimum Gasteiger partial charge on any atom is -0.388 e. The van der Waals surface area contributed by atoms with Gasteiger partial charge >= 0.3 is 6.03 Å². The highest BCUT2D eigenvalue weighted by molar-refractivity contribution is 5.90. The van der Waals surface area contributed by atoms with Gasteiger partial charge in [-0.05, 0) is 38.3 Å². The molecule has 0 atom stereocenters. The van der Waals surface area contributed by atoms with Crippen LogP contribution in [0.1, 0.15) is 36.8 Å². The molecular weight excluding hydrogens is 298 g/mol. The molecule has 0 unspecified atom stereocenters. The number of aliphatic hydroxyl groups is 1. The van der Waals surface area contributed by atoms with Crippen LogP contribution in [0, 0.1) is 24.0 Å². The van der Waals surface area contributed by atoms with E-state index in [0.717, 1.165) is 18.4 Å². The Hall–Kier alpha value is -2.15. The third-order valence-electron chi connectivity index (χ3n) is 4.39. The van der Waals surface area contributed by atoms with E-state index in [1.165, 1.54) is 11.0 Å². The zero-order valence-electron chi connectivity index (χ0n) is 13.8. The van der Waals surface area contributed by atoms with Crippen LogP contribution in [-0.4, -0.2) is 40.2 Å². The maximum Gasteiger partial charge on any atom is 0.321 e. The van der Waals surface area contributed by atoms with Gasteiger partial charge < -0.3 is 15.3 Å². The highest BCUT2D eigenvalue weighted by Gasteiger charge is 2.33. The second-order valence-corrected chi connectivity index (χ2v) is 6.43. The Labute approximate surface area is 135 Å². The number of aryl methyl sites for hydroxylation is 2. The quantitative estimate of drug-likeness (QED) is 0.658. The molecule has 23 heavy (non-hydrogen) atoms. The Kier molecular flexibility index (Phi) is 4.89. The fourth-order valence-corrected chi connectivity index (χ4v) is 3.09. The molecule has 0 aliphatic heterocycles. The van der Waals surface area contributed by atoms with Crippen molar-refractivity contribution in [2.24, 2.45) is 0 Å². The van der Waals surface area contributed by atoms with Crippen LogP contribution < -0.4 is 5.32 Å². The zero-order chi connectivity index (χ0) is 17.2. The molecule has 2 rings (SSSR count). The van der Waals surface area contributed by atoms with Gasteiger partial charge in [-0.15, -0.1) is 0 Å². The summed E-state index contributed by atoms with van der Waals surface area (Å²) in [5, 5.41) is 24.1. The molecule has 7 heteroatoms. The van der Waals surface area contributed by atoms with Crippen molar-refractivity contribution in [3.63, 3.8) is 0 Å². The smallest absolute Gasteiger partial charge is 0.321 e. The van der Waals surface area contributed by atoms with Crippen LogP contribution in [0.2, 0.25) is 0 Å². The highest BCUT2D eigenvalue weighted by Crippen LogP contribution is 2.30. The average Bonchev–Trinajstić information content (AvgIpc) is 2.87. The van der Waals surface area contributed by atoms with Crippen LogP contribution >= 0.6 is 0 Å². The van der Waals surface area contributed by atoms with Crippen molar-refractivity contribution < 1.29 is 14.8 Å². The van der Waals surface area contributed by atoms with Crippen LogP contribution in [0.5, 0.6) is 0 Å². The summed E-state index contributed by atoms with van der Waals surface area (Å²) in [5.41, 5.74) is 0.884. The molecule has 2 amide bonds. The molecule has 0 aromatic heterocycles. The van der Waals surface area contributed by atoms with Crippen molar-refractivity contribution in [3.05, 3.63) is 33.4 Å². The number of nitrogens with zero attached hydrogens (tertiary/aromatic N) is 2. The summed E-state index contributed by atoms with van der Waals surface area (Å²) in [6, 6.07) is 2.67. The summed E-state index contributed by atoms with van der Waals surface area (Å²) in [6.45, 7) is 3.71. The molecule has 0 spiro atoms. The van der Waals surface area contributed by atoms with E-state index in [4.69, 9.17) is 0 Å². The number of likely N-dealkylation sites (N-methyl/N-ethyl adjacent to an activating group) is 1. The van der Waals surface area contributed by atoms with E-state index < -0.39 is 10.5 Å². The van der Waals surface area contributed by atoms with Crippen LogP contribution in [0.4, 0.5) is 16.2 Å². The van der Waals surface area contributed by atoms with Crippen molar-refractivity contribution in [3.8, 4) is 0 Å². The molecule has 1 fully saturated rings. The van der Waals surface area contributed by atoms with Gasteiger partial charge in [-0.25, -0.2) is 4.79 Å². The van der Waals surface area contributed by atoms with Gasteiger partial charge in [0.15, 0.2) is 0 Å². The van der Waals surface area contributed by atoms with Gasteiger partial charge in [0.05, 0.1) is 22.8 Å². The number of nitrogens with one attached hydrogen (secondary N) is 1. The Morgan fingerprint density at radius 3 is 2.52 bits per heavy atom. The summed E-state index contributed by atoms with van der Waals surface area (Å²) < 4.78 is 0. The number of hydrogen-bond donors (Lipinski definition) is 2. The predicted molar refractivity (Wildman–Crippen MR) is 87.6 cm³/mol. The van der Waals surface area contributed by atoms with Crippen LogP contribution in [-0.2, 0) is 0 Å². The summed E-state index contributed by atoms with van der Waals surface area (Å²) in [5.74, 6) is 0. The number of rotatable bonds is 4. The third-order valence-corrected chi connectivity index (χ3v) is 4.39. The fraction of sp³-hybridized carbons (Fsp3) is 0.562. The molecule has 1 aliphatic carbocycles. The minimum absolute atomic E-state index is 0.0250. The molecule has 1 aromatic carbocycles. The molecule has 126 valence electrons. The summed E-state index contributed by atoms with van der Waals surface area (Å²) >= 11 is 0. The Bertz CT molecular complexity index is 624. The van der Waals surface area contributed by atoms with E-state index in [-0.39, 0.29) is 18.3 Å². The van der Waals surface area contributed by atoms with Crippen molar-refractivity contribution >= 4 is 17.4 Å². The summed E-state index contributed by atoms with van der Waals surface area (Å²) in [7, 11) is 1.61. The van der Waals surface area contributed by atoms with Gasteiger partial charge in [-0.3, -0.25) is 10.1 Å². The number of nitro groups is 1. The van der Waals surface area contributed by atoms with Crippen molar-refractivity contribution in [1.29, 1.82) is 0 Å².